The zero-order chi connectivity index (χ0) is 25.5. The first-order chi connectivity index (χ1) is 16.8. The largest absolute Gasteiger partial charge is 0.505 e. The molecule has 0 saturated heterocycles. The Morgan fingerprint density at radius 1 is 1.29 bits per heavy atom. The van der Waals surface area contributed by atoms with Crippen molar-refractivity contribution in [1.29, 1.82) is 5.26 Å². The van der Waals surface area contributed by atoms with Gasteiger partial charge in [0.05, 0.1) is 24.6 Å². The minimum atomic E-state index is -0.506. The lowest BCUT2D eigenvalue weighted by Gasteiger charge is -2.12. The van der Waals surface area contributed by atoms with Crippen LogP contribution in [0.25, 0.3) is 16.6 Å². The topological polar surface area (TPSA) is 165 Å². The van der Waals surface area contributed by atoms with E-state index in [1.165, 1.54) is 17.0 Å². The van der Waals surface area contributed by atoms with Crippen molar-refractivity contribution in [1.82, 2.24) is 20.1 Å². The number of anilines is 2. The molecule has 2 aromatic heterocycles. The quantitative estimate of drug-likeness (QED) is 0.196. The number of benzene rings is 2. The van der Waals surface area contributed by atoms with Gasteiger partial charge in [-0.1, -0.05) is 19.2 Å². The van der Waals surface area contributed by atoms with Crippen LogP contribution in [-0.2, 0) is 0 Å². The molecule has 0 saturated carbocycles. The monoisotopic (exact) mass is 469 g/mol. The lowest BCUT2D eigenvalue weighted by Crippen LogP contribution is -2.21. The molecule has 0 atom stereocenters. The summed E-state index contributed by atoms with van der Waals surface area (Å²) in [6.07, 6.45) is 4.47. The number of nitrogens with one attached hydrogen (secondary N) is 1. The lowest BCUT2D eigenvalue weighted by molar-refractivity contribution is 0.0965. The van der Waals surface area contributed by atoms with E-state index in [0.717, 1.165) is 0 Å². The number of phenols is 1. The van der Waals surface area contributed by atoms with E-state index in [1.54, 1.807) is 49.7 Å². The van der Waals surface area contributed by atoms with E-state index in [9.17, 15) is 9.90 Å². The molecule has 35 heavy (non-hydrogen) atoms. The number of fused-ring (bicyclic) bond motifs is 1. The minimum Gasteiger partial charge on any atom is -0.505 e. The summed E-state index contributed by atoms with van der Waals surface area (Å²) in [5.74, 6) is 0.781. The van der Waals surface area contributed by atoms with Gasteiger partial charge in [-0.25, -0.2) is 4.98 Å². The summed E-state index contributed by atoms with van der Waals surface area (Å²) < 4.78 is 6.57. The van der Waals surface area contributed by atoms with Crippen molar-refractivity contribution >= 4 is 28.2 Å². The predicted molar refractivity (Wildman–Crippen MR) is 134 cm³/mol. The average Bonchev–Trinajstić information content (AvgIpc) is 3.26. The van der Waals surface area contributed by atoms with Gasteiger partial charge in [0.25, 0.3) is 5.91 Å². The third-order valence-corrected chi connectivity index (χ3v) is 4.92. The Kier molecular flexibility index (Phi) is 7.33. The van der Waals surface area contributed by atoms with E-state index in [4.69, 9.17) is 21.5 Å². The highest BCUT2D eigenvalue weighted by Crippen LogP contribution is 2.35. The number of hydrogen-bond acceptors (Lipinski definition) is 8. The molecule has 0 spiro atoms. The Morgan fingerprint density at radius 2 is 2.06 bits per heavy atom. The van der Waals surface area contributed by atoms with Gasteiger partial charge in [-0.15, -0.1) is 0 Å². The lowest BCUT2D eigenvalue weighted by atomic mass is 10.0. The maximum Gasteiger partial charge on any atom is 0.259 e. The van der Waals surface area contributed by atoms with E-state index in [1.807, 2.05) is 12.1 Å². The van der Waals surface area contributed by atoms with Crippen LogP contribution in [0.2, 0.25) is 0 Å². The van der Waals surface area contributed by atoms with Crippen LogP contribution in [0.3, 0.4) is 0 Å². The smallest absolute Gasteiger partial charge is 0.259 e. The number of nitrogen functional groups attached to an aromatic ring is 2. The molecule has 4 aromatic rings. The zero-order valence-corrected chi connectivity index (χ0v) is 18.9. The molecule has 0 aliphatic rings. The molecular formula is C25H23N7O3. The molecule has 0 bridgehead atoms. The van der Waals surface area contributed by atoms with Gasteiger partial charge in [0, 0.05) is 17.3 Å². The first-order valence-electron chi connectivity index (χ1n) is 10.2. The van der Waals surface area contributed by atoms with Gasteiger partial charge >= 0.3 is 0 Å². The highest BCUT2D eigenvalue weighted by molar-refractivity contribution is 6.07. The van der Waals surface area contributed by atoms with E-state index < -0.39 is 5.91 Å². The summed E-state index contributed by atoms with van der Waals surface area (Å²) in [6, 6.07) is 14.1. The van der Waals surface area contributed by atoms with Crippen molar-refractivity contribution < 1.29 is 14.6 Å². The van der Waals surface area contributed by atoms with Gasteiger partial charge in [0.2, 0.25) is 0 Å². The van der Waals surface area contributed by atoms with Crippen LogP contribution in [-0.4, -0.2) is 32.9 Å². The van der Waals surface area contributed by atoms with Gasteiger partial charge in [-0.3, -0.25) is 4.79 Å². The van der Waals surface area contributed by atoms with Crippen molar-refractivity contribution in [2.24, 2.45) is 0 Å². The number of aromatic nitrogens is 3. The van der Waals surface area contributed by atoms with Crippen LogP contribution in [0.5, 0.6) is 11.5 Å². The normalized spacial score (nSPS) is 9.94. The summed E-state index contributed by atoms with van der Waals surface area (Å²) in [5.41, 5.74) is 12.5. The summed E-state index contributed by atoms with van der Waals surface area (Å²) in [4.78, 5) is 16.2. The number of aromatic hydroxyl groups is 1. The fourth-order valence-corrected chi connectivity index (χ4v) is 3.07. The molecule has 0 fully saturated rings. The molecule has 10 heteroatoms. The van der Waals surface area contributed by atoms with Crippen molar-refractivity contribution in [3.05, 3.63) is 90.9 Å². The molecule has 176 valence electrons. The first kappa shape index (κ1) is 24.3. The van der Waals surface area contributed by atoms with Gasteiger partial charge in [0.1, 0.15) is 23.2 Å². The molecule has 0 aliphatic carbocycles. The number of hydrogen-bond donors (Lipinski definition) is 4. The summed E-state index contributed by atoms with van der Waals surface area (Å²) in [7, 11) is 1.55. The molecule has 2 aromatic carbocycles. The molecule has 10 nitrogen and oxygen atoms in total. The number of amides is 1. The fourth-order valence-electron chi connectivity index (χ4n) is 3.07. The van der Waals surface area contributed by atoms with Crippen LogP contribution >= 0.6 is 0 Å². The van der Waals surface area contributed by atoms with Crippen LogP contribution in [0.1, 0.15) is 15.9 Å². The Balaban J connectivity index is 0.000000211. The van der Waals surface area contributed by atoms with E-state index in [2.05, 4.69) is 28.6 Å². The summed E-state index contributed by atoms with van der Waals surface area (Å²) >= 11 is 0. The molecule has 0 aliphatic heterocycles. The van der Waals surface area contributed by atoms with Gasteiger partial charge in [-0.05, 0) is 47.9 Å². The molecule has 0 unspecified atom stereocenters. The van der Waals surface area contributed by atoms with E-state index in [-0.39, 0.29) is 17.0 Å². The second-order valence-electron chi connectivity index (χ2n) is 7.11. The third kappa shape index (κ3) is 5.20. The number of allylic oxidation sites excluding steroid dienone is 1. The Labute approximate surface area is 201 Å². The van der Waals surface area contributed by atoms with Crippen molar-refractivity contribution in [3.63, 3.8) is 0 Å². The van der Waals surface area contributed by atoms with Crippen molar-refractivity contribution in [3.8, 4) is 23.4 Å². The molecule has 1 amide bonds. The van der Waals surface area contributed by atoms with Crippen LogP contribution in [0.4, 0.5) is 11.5 Å². The number of nitrogens with two attached hydrogens (primary N) is 2. The number of phenolic OH excluding ortho intramolecular Hbond substituents is 1. The molecule has 0 radical (unpaired) electrons. The SMILES string of the molecule is C=CC(=C)NC(=O)c1cc2cc(OC)ccc2c(N)c1O.N#Cc1cnn(-c2ccccn2)c1N. The average molecular weight is 470 g/mol. The molecular weight excluding hydrogens is 446 g/mol. The van der Waals surface area contributed by atoms with Crippen LogP contribution in [0, 0.1) is 11.3 Å². The summed E-state index contributed by atoms with van der Waals surface area (Å²) in [5, 5.41) is 26.6. The van der Waals surface area contributed by atoms with Gasteiger partial charge in [0.15, 0.2) is 11.6 Å². The number of methoxy groups -OCH3 is 1. The predicted octanol–water partition coefficient (Wildman–Crippen LogP) is 3.29. The fraction of sp³-hybridized carbons (Fsp3) is 0.0400. The standard InChI is InChI=1S/C16H16N2O3.C9H7N5/c1-4-9(2)18-16(20)13-8-10-7-11(21-3)5-6-12(10)14(17)15(13)19;10-5-7-6-13-14(9(7)11)8-3-1-2-4-12-8/h4-8,19H,1-2,17H2,3H3,(H,18,20);1-4,6H,11H2. The molecule has 2 heterocycles. The highest BCUT2D eigenvalue weighted by Gasteiger charge is 2.17. The Morgan fingerprint density at radius 3 is 2.66 bits per heavy atom. The highest BCUT2D eigenvalue weighted by atomic mass is 16.5. The third-order valence-electron chi connectivity index (χ3n) is 4.92. The second-order valence-corrected chi connectivity index (χ2v) is 7.11. The number of nitriles is 1. The maximum atomic E-state index is 12.1. The Bertz CT molecular complexity index is 1450. The molecule has 4 rings (SSSR count). The van der Waals surface area contributed by atoms with Crippen molar-refractivity contribution in [2.75, 3.05) is 18.6 Å². The van der Waals surface area contributed by atoms with E-state index in [0.29, 0.717) is 39.4 Å². The summed E-state index contributed by atoms with van der Waals surface area (Å²) in [6.45, 7) is 7.10. The van der Waals surface area contributed by atoms with Crippen molar-refractivity contribution in [2.45, 2.75) is 0 Å². The second kappa shape index (κ2) is 10.5. The Hall–Kier alpha value is -5.30. The number of nitrogens with zero attached hydrogens (tertiary/aromatic N) is 4. The maximum absolute atomic E-state index is 12.1. The first-order valence-corrected chi connectivity index (χ1v) is 10.2. The number of carbonyl (C=O) groups excluding carboxylic acids is 1. The minimum absolute atomic E-state index is 0.0660. The number of rotatable bonds is 5. The zero-order valence-electron chi connectivity index (χ0n) is 18.9. The van der Waals surface area contributed by atoms with Gasteiger partial charge < -0.3 is 26.6 Å². The molecule has 6 N–H and O–H groups in total. The number of pyridine rings is 1. The van der Waals surface area contributed by atoms with E-state index >= 15 is 0 Å². The van der Waals surface area contributed by atoms with Gasteiger partial charge in [-0.2, -0.15) is 15.0 Å². The van der Waals surface area contributed by atoms with Crippen LogP contribution in [0.15, 0.2) is 79.8 Å². The number of ether oxygens (including phenoxy) is 1. The van der Waals surface area contributed by atoms with Crippen LogP contribution < -0.4 is 21.5 Å². The number of carbonyl (C=O) groups is 1.